The summed E-state index contributed by atoms with van der Waals surface area (Å²) in [5, 5.41) is 6.52. The maximum Gasteiger partial charge on any atom is 0.191 e. The number of rotatable bonds is 10. The summed E-state index contributed by atoms with van der Waals surface area (Å²) in [6.07, 6.45) is 3.59. The third-order valence-corrected chi connectivity index (χ3v) is 3.44. The normalized spacial score (nSPS) is 14.7. The van der Waals surface area contributed by atoms with Gasteiger partial charge >= 0.3 is 0 Å². The number of guanidine groups is 1. The molecule has 0 aromatic heterocycles. The predicted molar refractivity (Wildman–Crippen MR) is 89.5 cm³/mol. The van der Waals surface area contributed by atoms with Crippen molar-refractivity contribution in [2.45, 2.75) is 19.3 Å². The third-order valence-electron chi connectivity index (χ3n) is 3.44. The van der Waals surface area contributed by atoms with Crippen LogP contribution in [0, 0.1) is 5.92 Å². The van der Waals surface area contributed by atoms with E-state index in [1.54, 1.807) is 7.05 Å². The van der Waals surface area contributed by atoms with Gasteiger partial charge in [0.1, 0.15) is 5.75 Å². The molecule has 1 aliphatic carbocycles. The van der Waals surface area contributed by atoms with Crippen molar-refractivity contribution in [2.24, 2.45) is 10.9 Å². The second kappa shape index (κ2) is 10.1. The first-order chi connectivity index (χ1) is 10.9. The first-order valence-electron chi connectivity index (χ1n) is 8.08. The maximum absolute atomic E-state index is 5.64. The van der Waals surface area contributed by atoms with Crippen LogP contribution < -0.4 is 15.4 Å². The van der Waals surface area contributed by atoms with Gasteiger partial charge in [-0.15, -0.1) is 0 Å². The molecule has 5 heteroatoms. The summed E-state index contributed by atoms with van der Waals surface area (Å²) in [6, 6.07) is 9.87. The van der Waals surface area contributed by atoms with E-state index in [0.717, 1.165) is 50.4 Å². The van der Waals surface area contributed by atoms with Crippen LogP contribution in [0.3, 0.4) is 0 Å². The topological polar surface area (TPSA) is 54.9 Å². The molecule has 2 N–H and O–H groups in total. The Bertz CT molecular complexity index is 433. The standard InChI is InChI=1S/C17H27N3O2/c1-18-17(20-11-13-21-14-15-8-9-15)19-10-5-12-22-16-6-3-2-4-7-16/h2-4,6-7,15H,5,8-14H2,1H3,(H2,18,19,20). The van der Waals surface area contributed by atoms with Crippen molar-refractivity contribution >= 4 is 5.96 Å². The van der Waals surface area contributed by atoms with Gasteiger partial charge in [-0.2, -0.15) is 0 Å². The molecule has 2 rings (SSSR count). The fraction of sp³-hybridized carbons (Fsp3) is 0.588. The lowest BCUT2D eigenvalue weighted by Gasteiger charge is -2.12. The summed E-state index contributed by atoms with van der Waals surface area (Å²) in [6.45, 7) is 3.94. The van der Waals surface area contributed by atoms with Crippen molar-refractivity contribution in [3.63, 3.8) is 0 Å². The third kappa shape index (κ3) is 7.31. The molecule has 0 amide bonds. The van der Waals surface area contributed by atoms with E-state index in [0.29, 0.717) is 6.61 Å². The largest absolute Gasteiger partial charge is 0.494 e. The Morgan fingerprint density at radius 3 is 2.64 bits per heavy atom. The van der Waals surface area contributed by atoms with Gasteiger partial charge in [0, 0.05) is 26.7 Å². The molecule has 0 heterocycles. The van der Waals surface area contributed by atoms with Gasteiger partial charge in [0.25, 0.3) is 0 Å². The minimum Gasteiger partial charge on any atom is -0.494 e. The molecular formula is C17H27N3O2. The molecule has 1 aromatic rings. The molecule has 0 saturated heterocycles. The number of aliphatic imine (C=N–C) groups is 1. The van der Waals surface area contributed by atoms with E-state index in [9.17, 15) is 0 Å². The lowest BCUT2D eigenvalue weighted by Crippen LogP contribution is -2.39. The van der Waals surface area contributed by atoms with E-state index in [2.05, 4.69) is 15.6 Å². The summed E-state index contributed by atoms with van der Waals surface area (Å²) < 4.78 is 11.2. The van der Waals surface area contributed by atoms with Crippen LogP contribution in [0.25, 0.3) is 0 Å². The maximum atomic E-state index is 5.64. The van der Waals surface area contributed by atoms with Crippen molar-refractivity contribution in [3.8, 4) is 5.75 Å². The van der Waals surface area contributed by atoms with Crippen LogP contribution >= 0.6 is 0 Å². The molecule has 122 valence electrons. The van der Waals surface area contributed by atoms with Crippen LogP contribution in [0.1, 0.15) is 19.3 Å². The van der Waals surface area contributed by atoms with E-state index in [1.807, 2.05) is 30.3 Å². The lowest BCUT2D eigenvalue weighted by molar-refractivity contribution is 0.129. The zero-order valence-corrected chi connectivity index (χ0v) is 13.4. The second-order valence-electron chi connectivity index (χ2n) is 5.46. The van der Waals surface area contributed by atoms with Crippen LogP contribution in [0.15, 0.2) is 35.3 Å². The number of hydrogen-bond acceptors (Lipinski definition) is 3. The quantitative estimate of drug-likeness (QED) is 0.395. The number of nitrogens with zero attached hydrogens (tertiary/aromatic N) is 1. The Hall–Kier alpha value is -1.75. The molecule has 0 unspecified atom stereocenters. The minimum absolute atomic E-state index is 0.693. The van der Waals surface area contributed by atoms with E-state index in [1.165, 1.54) is 12.8 Å². The number of ether oxygens (including phenoxy) is 2. The van der Waals surface area contributed by atoms with Crippen LogP contribution in [-0.2, 0) is 4.74 Å². The summed E-state index contributed by atoms with van der Waals surface area (Å²) in [7, 11) is 1.78. The molecule has 1 saturated carbocycles. The summed E-state index contributed by atoms with van der Waals surface area (Å²) in [5.41, 5.74) is 0. The minimum atomic E-state index is 0.693. The van der Waals surface area contributed by atoms with Crippen molar-refractivity contribution in [2.75, 3.05) is 40.0 Å². The van der Waals surface area contributed by atoms with E-state index in [4.69, 9.17) is 9.47 Å². The molecule has 0 radical (unpaired) electrons. The van der Waals surface area contributed by atoms with Crippen molar-refractivity contribution in [1.82, 2.24) is 10.6 Å². The van der Waals surface area contributed by atoms with Gasteiger partial charge in [-0.25, -0.2) is 0 Å². The summed E-state index contributed by atoms with van der Waals surface area (Å²) >= 11 is 0. The number of para-hydroxylation sites is 1. The second-order valence-corrected chi connectivity index (χ2v) is 5.46. The fourth-order valence-corrected chi connectivity index (χ4v) is 1.98. The lowest BCUT2D eigenvalue weighted by atomic mass is 10.3. The monoisotopic (exact) mass is 305 g/mol. The average Bonchev–Trinajstić information content (AvgIpc) is 3.37. The van der Waals surface area contributed by atoms with Crippen LogP contribution in [0.2, 0.25) is 0 Å². The van der Waals surface area contributed by atoms with Gasteiger partial charge in [-0.3, -0.25) is 4.99 Å². The predicted octanol–water partition coefficient (Wildman–Crippen LogP) is 2.05. The average molecular weight is 305 g/mol. The molecule has 0 aliphatic heterocycles. The zero-order valence-electron chi connectivity index (χ0n) is 13.4. The highest BCUT2D eigenvalue weighted by atomic mass is 16.5. The summed E-state index contributed by atoms with van der Waals surface area (Å²) in [5.74, 6) is 2.55. The zero-order chi connectivity index (χ0) is 15.5. The molecule has 0 atom stereocenters. The number of hydrogen-bond donors (Lipinski definition) is 2. The molecule has 1 fully saturated rings. The molecule has 5 nitrogen and oxygen atoms in total. The highest BCUT2D eigenvalue weighted by molar-refractivity contribution is 5.79. The van der Waals surface area contributed by atoms with Gasteiger partial charge in [0.05, 0.1) is 13.2 Å². The van der Waals surface area contributed by atoms with E-state index < -0.39 is 0 Å². The van der Waals surface area contributed by atoms with Gasteiger partial charge in [0.2, 0.25) is 0 Å². The molecular weight excluding hydrogens is 278 g/mol. The Kier molecular flexibility index (Phi) is 7.60. The Morgan fingerprint density at radius 2 is 1.91 bits per heavy atom. The van der Waals surface area contributed by atoms with Crippen molar-refractivity contribution in [3.05, 3.63) is 30.3 Å². The number of benzene rings is 1. The Balaban J connectivity index is 1.45. The first kappa shape index (κ1) is 16.6. The number of nitrogens with one attached hydrogen (secondary N) is 2. The van der Waals surface area contributed by atoms with Gasteiger partial charge in [-0.05, 0) is 37.3 Å². The van der Waals surface area contributed by atoms with Crippen molar-refractivity contribution in [1.29, 1.82) is 0 Å². The van der Waals surface area contributed by atoms with Crippen molar-refractivity contribution < 1.29 is 9.47 Å². The highest BCUT2D eigenvalue weighted by Crippen LogP contribution is 2.28. The smallest absolute Gasteiger partial charge is 0.191 e. The first-order valence-corrected chi connectivity index (χ1v) is 8.08. The van der Waals surface area contributed by atoms with E-state index >= 15 is 0 Å². The Labute approximate surface area is 133 Å². The van der Waals surface area contributed by atoms with E-state index in [-0.39, 0.29) is 0 Å². The van der Waals surface area contributed by atoms with Gasteiger partial charge in [0.15, 0.2) is 5.96 Å². The molecule has 1 aliphatic rings. The molecule has 22 heavy (non-hydrogen) atoms. The van der Waals surface area contributed by atoms with Crippen LogP contribution in [0.5, 0.6) is 5.75 Å². The molecule has 1 aromatic carbocycles. The molecule has 0 spiro atoms. The summed E-state index contributed by atoms with van der Waals surface area (Å²) in [4.78, 5) is 4.19. The Morgan fingerprint density at radius 1 is 1.14 bits per heavy atom. The van der Waals surface area contributed by atoms with Gasteiger partial charge in [-0.1, -0.05) is 18.2 Å². The van der Waals surface area contributed by atoms with Crippen LogP contribution in [0.4, 0.5) is 0 Å². The SMILES string of the molecule is CN=C(NCCCOc1ccccc1)NCCOCC1CC1. The van der Waals surface area contributed by atoms with Gasteiger partial charge < -0.3 is 20.1 Å². The fourth-order valence-electron chi connectivity index (χ4n) is 1.98. The van der Waals surface area contributed by atoms with Crippen LogP contribution in [-0.4, -0.2) is 45.9 Å². The highest BCUT2D eigenvalue weighted by Gasteiger charge is 2.20. The molecule has 0 bridgehead atoms.